The highest BCUT2D eigenvalue weighted by Crippen LogP contribution is 2.13. The predicted octanol–water partition coefficient (Wildman–Crippen LogP) is 2.59. The number of benzene rings is 1. The van der Waals surface area contributed by atoms with Crippen LogP contribution in [0.5, 0.6) is 0 Å². The van der Waals surface area contributed by atoms with Gasteiger partial charge in [-0.3, -0.25) is 0 Å². The molecule has 0 fully saturated rings. The van der Waals surface area contributed by atoms with Crippen LogP contribution in [-0.2, 0) is 0 Å². The van der Waals surface area contributed by atoms with Crippen molar-refractivity contribution < 1.29 is 4.52 Å². The maximum absolute atomic E-state index is 5.72. The minimum Gasteiger partial charge on any atom is -0.399 e. The molecule has 2 heterocycles. The highest BCUT2D eigenvalue weighted by atomic mass is 16.5. The number of anilines is 1. The second-order valence-electron chi connectivity index (χ2n) is 4.54. The zero-order valence-electron chi connectivity index (χ0n) is 11.4. The van der Waals surface area contributed by atoms with E-state index >= 15 is 0 Å². The molecule has 0 aliphatic heterocycles. The van der Waals surface area contributed by atoms with Crippen LogP contribution in [0.1, 0.15) is 17.0 Å². The van der Waals surface area contributed by atoms with Gasteiger partial charge in [-0.1, -0.05) is 17.3 Å². The number of nitrogen functional groups attached to an aromatic ring is 1. The fourth-order valence-electron chi connectivity index (χ4n) is 1.73. The van der Waals surface area contributed by atoms with Crippen molar-refractivity contribution >= 4 is 17.8 Å². The quantitative estimate of drug-likeness (QED) is 0.741. The van der Waals surface area contributed by atoms with E-state index in [0.29, 0.717) is 23.2 Å². The molecule has 0 saturated carbocycles. The van der Waals surface area contributed by atoms with E-state index in [4.69, 9.17) is 10.3 Å². The van der Waals surface area contributed by atoms with E-state index in [0.717, 1.165) is 11.1 Å². The average molecular weight is 279 g/mol. The average Bonchev–Trinajstić information content (AvgIpc) is 2.95. The molecule has 0 aliphatic rings. The number of hydrogen-bond acceptors (Lipinski definition) is 6. The number of nitrogens with two attached hydrogens (primary N) is 1. The molecule has 6 nitrogen and oxygen atoms in total. The molecule has 3 rings (SSSR count). The normalized spacial score (nSPS) is 11.1. The van der Waals surface area contributed by atoms with Crippen LogP contribution in [0.25, 0.3) is 23.8 Å². The summed E-state index contributed by atoms with van der Waals surface area (Å²) in [5.41, 5.74) is 8.36. The van der Waals surface area contributed by atoms with E-state index in [1.165, 1.54) is 0 Å². The lowest BCUT2D eigenvalue weighted by Crippen LogP contribution is -1.90. The Morgan fingerprint density at radius 2 is 1.90 bits per heavy atom. The first-order valence-electron chi connectivity index (χ1n) is 6.37. The van der Waals surface area contributed by atoms with Crippen LogP contribution in [0, 0.1) is 6.92 Å². The summed E-state index contributed by atoms with van der Waals surface area (Å²) in [6, 6.07) is 7.51. The molecule has 2 aromatic heterocycles. The SMILES string of the molecule is Cc1cnc(-c2noc(/C=C/c3cccc(N)c3)n2)nc1. The van der Waals surface area contributed by atoms with E-state index < -0.39 is 0 Å². The van der Waals surface area contributed by atoms with Crippen molar-refractivity contribution in [2.75, 3.05) is 5.73 Å². The highest BCUT2D eigenvalue weighted by Gasteiger charge is 2.08. The van der Waals surface area contributed by atoms with Gasteiger partial charge >= 0.3 is 0 Å². The van der Waals surface area contributed by atoms with E-state index in [2.05, 4.69) is 20.1 Å². The summed E-state index contributed by atoms with van der Waals surface area (Å²) < 4.78 is 5.14. The second-order valence-corrected chi connectivity index (χ2v) is 4.54. The summed E-state index contributed by atoms with van der Waals surface area (Å²) in [5.74, 6) is 1.19. The van der Waals surface area contributed by atoms with Gasteiger partial charge in [-0.15, -0.1) is 0 Å². The number of aromatic nitrogens is 4. The zero-order chi connectivity index (χ0) is 14.7. The smallest absolute Gasteiger partial charge is 0.251 e. The molecule has 1 aromatic carbocycles. The third-order valence-electron chi connectivity index (χ3n) is 2.75. The zero-order valence-corrected chi connectivity index (χ0v) is 11.4. The minimum atomic E-state index is 0.363. The topological polar surface area (TPSA) is 90.7 Å². The lowest BCUT2D eigenvalue weighted by atomic mass is 10.2. The number of rotatable bonds is 3. The van der Waals surface area contributed by atoms with Crippen LogP contribution in [0.3, 0.4) is 0 Å². The Kier molecular flexibility index (Phi) is 3.42. The number of aryl methyl sites for hydroxylation is 1. The van der Waals surface area contributed by atoms with Crippen LogP contribution < -0.4 is 5.73 Å². The Labute approximate surface area is 121 Å². The summed E-state index contributed by atoms with van der Waals surface area (Å²) in [6.07, 6.45) is 6.99. The van der Waals surface area contributed by atoms with Crippen LogP contribution in [0.15, 0.2) is 41.2 Å². The van der Waals surface area contributed by atoms with Gasteiger partial charge in [0, 0.05) is 24.2 Å². The third-order valence-corrected chi connectivity index (χ3v) is 2.75. The lowest BCUT2D eigenvalue weighted by molar-refractivity contribution is 0.411. The van der Waals surface area contributed by atoms with Crippen molar-refractivity contribution in [3.8, 4) is 11.6 Å². The summed E-state index contributed by atoms with van der Waals surface area (Å²) in [5, 5.41) is 3.86. The fourth-order valence-corrected chi connectivity index (χ4v) is 1.73. The largest absolute Gasteiger partial charge is 0.399 e. The molecule has 21 heavy (non-hydrogen) atoms. The van der Waals surface area contributed by atoms with Gasteiger partial charge in [0.05, 0.1) is 0 Å². The van der Waals surface area contributed by atoms with E-state index in [1.54, 1.807) is 18.5 Å². The Bertz CT molecular complexity index is 777. The van der Waals surface area contributed by atoms with Crippen LogP contribution in [0.4, 0.5) is 5.69 Å². The van der Waals surface area contributed by atoms with Crippen molar-refractivity contribution in [1.29, 1.82) is 0 Å². The first-order valence-corrected chi connectivity index (χ1v) is 6.37. The summed E-state index contributed by atoms with van der Waals surface area (Å²) in [7, 11) is 0. The van der Waals surface area contributed by atoms with Gasteiger partial charge in [-0.25, -0.2) is 9.97 Å². The molecule has 0 bridgehead atoms. The molecule has 0 saturated heterocycles. The molecule has 2 N–H and O–H groups in total. The Balaban J connectivity index is 1.80. The maximum atomic E-state index is 5.72. The monoisotopic (exact) mass is 279 g/mol. The van der Waals surface area contributed by atoms with Crippen molar-refractivity contribution in [2.45, 2.75) is 6.92 Å². The summed E-state index contributed by atoms with van der Waals surface area (Å²) >= 11 is 0. The van der Waals surface area contributed by atoms with E-state index in [-0.39, 0.29) is 0 Å². The molecule has 0 amide bonds. The first-order chi connectivity index (χ1) is 10.2. The van der Waals surface area contributed by atoms with E-state index in [1.807, 2.05) is 37.3 Å². The second kappa shape index (κ2) is 5.54. The molecule has 3 aromatic rings. The van der Waals surface area contributed by atoms with Gasteiger partial charge < -0.3 is 10.3 Å². The highest BCUT2D eigenvalue weighted by molar-refractivity contribution is 5.68. The molecular formula is C15H13N5O. The molecule has 0 spiro atoms. The minimum absolute atomic E-state index is 0.363. The van der Waals surface area contributed by atoms with Gasteiger partial charge in [0.1, 0.15) is 0 Å². The molecular weight excluding hydrogens is 266 g/mol. The van der Waals surface area contributed by atoms with Crippen molar-refractivity contribution in [1.82, 2.24) is 20.1 Å². The molecule has 0 radical (unpaired) electrons. The summed E-state index contributed by atoms with van der Waals surface area (Å²) in [4.78, 5) is 12.5. The Morgan fingerprint density at radius 1 is 1.10 bits per heavy atom. The first kappa shape index (κ1) is 13.0. The van der Waals surface area contributed by atoms with Gasteiger partial charge in [0.15, 0.2) is 0 Å². The lowest BCUT2D eigenvalue weighted by Gasteiger charge is -1.94. The maximum Gasteiger partial charge on any atom is 0.251 e. The Hall–Kier alpha value is -3.02. The predicted molar refractivity (Wildman–Crippen MR) is 79.8 cm³/mol. The molecule has 0 atom stereocenters. The van der Waals surface area contributed by atoms with Gasteiger partial charge in [0.25, 0.3) is 5.89 Å². The van der Waals surface area contributed by atoms with Crippen LogP contribution in [0.2, 0.25) is 0 Å². The molecule has 104 valence electrons. The molecule has 0 aliphatic carbocycles. The number of nitrogens with zero attached hydrogens (tertiary/aromatic N) is 4. The standard InChI is InChI=1S/C15H13N5O/c1-10-8-17-14(18-9-10)15-19-13(21-20-15)6-5-11-3-2-4-12(16)7-11/h2-9H,16H2,1H3/b6-5+. The van der Waals surface area contributed by atoms with Crippen LogP contribution >= 0.6 is 0 Å². The van der Waals surface area contributed by atoms with Gasteiger partial charge in [0.2, 0.25) is 11.6 Å². The van der Waals surface area contributed by atoms with E-state index in [9.17, 15) is 0 Å². The molecule has 0 unspecified atom stereocenters. The summed E-state index contributed by atoms with van der Waals surface area (Å²) in [6.45, 7) is 1.92. The van der Waals surface area contributed by atoms with Gasteiger partial charge in [-0.2, -0.15) is 4.98 Å². The van der Waals surface area contributed by atoms with Crippen molar-refractivity contribution in [3.05, 3.63) is 53.7 Å². The number of hydrogen-bond donors (Lipinski definition) is 1. The van der Waals surface area contributed by atoms with Crippen LogP contribution in [-0.4, -0.2) is 20.1 Å². The van der Waals surface area contributed by atoms with Gasteiger partial charge in [-0.05, 0) is 36.3 Å². The van der Waals surface area contributed by atoms with Crippen molar-refractivity contribution in [2.24, 2.45) is 0 Å². The Morgan fingerprint density at radius 3 is 2.67 bits per heavy atom. The molecule has 6 heteroatoms. The fraction of sp³-hybridized carbons (Fsp3) is 0.0667. The van der Waals surface area contributed by atoms with Crippen molar-refractivity contribution in [3.63, 3.8) is 0 Å². The third kappa shape index (κ3) is 3.11.